The molecular formula is C20H24N4O3S. The van der Waals surface area contributed by atoms with Crippen LogP contribution in [0.25, 0.3) is 11.2 Å². The topological polar surface area (TPSA) is 86.1 Å². The number of nitrogens with zero attached hydrogens (tertiary/aromatic N) is 3. The summed E-state index contributed by atoms with van der Waals surface area (Å²) >= 11 is 0. The fraction of sp³-hybridized carbons (Fsp3) is 0.400. The molecule has 8 heteroatoms. The van der Waals surface area contributed by atoms with E-state index in [4.69, 9.17) is 4.74 Å². The molecule has 3 aromatic rings. The Labute approximate surface area is 164 Å². The van der Waals surface area contributed by atoms with Crippen molar-refractivity contribution in [3.05, 3.63) is 48.4 Å². The van der Waals surface area contributed by atoms with Gasteiger partial charge in [-0.15, -0.1) is 0 Å². The summed E-state index contributed by atoms with van der Waals surface area (Å²) in [5, 5.41) is 0. The molecule has 2 heterocycles. The molecule has 1 N–H and O–H groups in total. The first-order valence-corrected chi connectivity index (χ1v) is 11.0. The van der Waals surface area contributed by atoms with Crippen LogP contribution in [0.15, 0.2) is 47.5 Å². The molecule has 0 aliphatic heterocycles. The lowest BCUT2D eigenvalue weighted by Gasteiger charge is -2.25. The highest BCUT2D eigenvalue weighted by atomic mass is 32.2. The van der Waals surface area contributed by atoms with Crippen molar-refractivity contribution >= 4 is 21.2 Å². The maximum Gasteiger partial charge on any atom is 0.240 e. The highest BCUT2D eigenvalue weighted by Crippen LogP contribution is 2.32. The number of ether oxygens (including phenoxy) is 1. The van der Waals surface area contributed by atoms with E-state index in [0.29, 0.717) is 17.6 Å². The van der Waals surface area contributed by atoms with Crippen LogP contribution in [-0.4, -0.2) is 30.1 Å². The van der Waals surface area contributed by atoms with Crippen LogP contribution in [0.1, 0.15) is 44.0 Å². The third-order valence-corrected chi connectivity index (χ3v) is 6.67. The fourth-order valence-corrected chi connectivity index (χ4v) is 4.80. The standard InChI is InChI=1S/C20H24N4O3S/c1-27-16-9-11-17(12-10-16)28(25,26)22-14-19-23-18-8-5-13-21-20(18)24(19)15-6-3-2-4-7-15/h5,8-13,15,22H,2-4,6-7,14H2,1H3. The summed E-state index contributed by atoms with van der Waals surface area (Å²) < 4.78 is 35.3. The number of aromatic nitrogens is 3. The van der Waals surface area contributed by atoms with Crippen LogP contribution in [-0.2, 0) is 16.6 Å². The number of nitrogens with one attached hydrogen (secondary N) is 1. The van der Waals surface area contributed by atoms with Gasteiger partial charge in [0.05, 0.1) is 18.6 Å². The Kier molecular flexibility index (Phi) is 5.32. The van der Waals surface area contributed by atoms with Crippen LogP contribution in [0.2, 0.25) is 0 Å². The third-order valence-electron chi connectivity index (χ3n) is 5.25. The molecule has 28 heavy (non-hydrogen) atoms. The average Bonchev–Trinajstić information content (AvgIpc) is 3.11. The number of methoxy groups -OCH3 is 1. The normalized spacial score (nSPS) is 15.8. The molecule has 1 aromatic carbocycles. The van der Waals surface area contributed by atoms with Gasteiger partial charge in [-0.05, 0) is 49.2 Å². The van der Waals surface area contributed by atoms with Gasteiger partial charge in [0, 0.05) is 12.2 Å². The van der Waals surface area contributed by atoms with E-state index in [2.05, 4.69) is 19.3 Å². The van der Waals surface area contributed by atoms with Gasteiger partial charge in [-0.25, -0.2) is 23.1 Å². The molecule has 4 rings (SSSR count). The Morgan fingerprint density at radius 1 is 1.14 bits per heavy atom. The summed E-state index contributed by atoms with van der Waals surface area (Å²) in [5.74, 6) is 1.32. The van der Waals surface area contributed by atoms with Crippen molar-refractivity contribution in [2.24, 2.45) is 0 Å². The lowest BCUT2D eigenvalue weighted by molar-refractivity contribution is 0.350. The molecule has 2 aromatic heterocycles. The quantitative estimate of drug-likeness (QED) is 0.685. The molecule has 0 bridgehead atoms. The summed E-state index contributed by atoms with van der Waals surface area (Å²) in [6, 6.07) is 10.4. The maximum absolute atomic E-state index is 12.7. The van der Waals surface area contributed by atoms with Crippen LogP contribution < -0.4 is 9.46 Å². The van der Waals surface area contributed by atoms with Crippen molar-refractivity contribution in [1.82, 2.24) is 19.3 Å². The maximum atomic E-state index is 12.7. The number of benzene rings is 1. The Morgan fingerprint density at radius 3 is 2.61 bits per heavy atom. The van der Waals surface area contributed by atoms with E-state index in [-0.39, 0.29) is 11.4 Å². The second-order valence-corrected chi connectivity index (χ2v) is 8.80. The van der Waals surface area contributed by atoms with Crippen LogP contribution in [0.3, 0.4) is 0 Å². The van der Waals surface area contributed by atoms with E-state index in [0.717, 1.165) is 24.0 Å². The summed E-state index contributed by atoms with van der Waals surface area (Å²) in [5.41, 5.74) is 1.62. The summed E-state index contributed by atoms with van der Waals surface area (Å²) in [7, 11) is -2.10. The molecule has 0 saturated heterocycles. The largest absolute Gasteiger partial charge is 0.497 e. The molecule has 0 amide bonds. The average molecular weight is 401 g/mol. The first-order valence-electron chi connectivity index (χ1n) is 9.54. The van der Waals surface area contributed by atoms with E-state index >= 15 is 0 Å². The van der Waals surface area contributed by atoms with Crippen molar-refractivity contribution in [3.63, 3.8) is 0 Å². The second-order valence-electron chi connectivity index (χ2n) is 7.04. The second kappa shape index (κ2) is 7.89. The van der Waals surface area contributed by atoms with Gasteiger partial charge < -0.3 is 9.30 Å². The van der Waals surface area contributed by atoms with Gasteiger partial charge in [0.2, 0.25) is 10.0 Å². The zero-order valence-electron chi connectivity index (χ0n) is 15.8. The van der Waals surface area contributed by atoms with E-state index in [1.54, 1.807) is 25.4 Å². The van der Waals surface area contributed by atoms with Crippen LogP contribution in [0.5, 0.6) is 5.75 Å². The zero-order chi connectivity index (χ0) is 19.6. The SMILES string of the molecule is COc1ccc(S(=O)(=O)NCc2nc3cccnc3n2C2CCCCC2)cc1. The molecule has 0 unspecified atom stereocenters. The molecule has 7 nitrogen and oxygen atoms in total. The Balaban J connectivity index is 1.62. The van der Waals surface area contributed by atoms with Gasteiger partial charge >= 0.3 is 0 Å². The predicted molar refractivity (Wildman–Crippen MR) is 107 cm³/mol. The number of hydrogen-bond acceptors (Lipinski definition) is 5. The Bertz CT molecular complexity index is 1050. The molecule has 0 spiro atoms. The fourth-order valence-electron chi connectivity index (χ4n) is 3.82. The van der Waals surface area contributed by atoms with E-state index in [1.165, 1.54) is 31.4 Å². The number of hydrogen-bond donors (Lipinski definition) is 1. The van der Waals surface area contributed by atoms with Gasteiger partial charge in [0.1, 0.15) is 17.1 Å². The molecule has 1 fully saturated rings. The van der Waals surface area contributed by atoms with Crippen molar-refractivity contribution in [2.75, 3.05) is 7.11 Å². The van der Waals surface area contributed by atoms with E-state index in [9.17, 15) is 8.42 Å². The van der Waals surface area contributed by atoms with Gasteiger partial charge in [-0.2, -0.15) is 0 Å². The van der Waals surface area contributed by atoms with Gasteiger partial charge in [0.15, 0.2) is 5.65 Å². The molecule has 1 saturated carbocycles. The van der Waals surface area contributed by atoms with Gasteiger partial charge in [-0.3, -0.25) is 0 Å². The van der Waals surface area contributed by atoms with Crippen LogP contribution in [0, 0.1) is 0 Å². The van der Waals surface area contributed by atoms with Crippen molar-refractivity contribution in [3.8, 4) is 5.75 Å². The number of pyridine rings is 1. The zero-order valence-corrected chi connectivity index (χ0v) is 16.7. The minimum atomic E-state index is -3.65. The van der Waals surface area contributed by atoms with E-state index < -0.39 is 10.0 Å². The first kappa shape index (κ1) is 18.9. The molecule has 1 aliphatic rings. The highest BCUT2D eigenvalue weighted by molar-refractivity contribution is 7.89. The smallest absolute Gasteiger partial charge is 0.240 e. The van der Waals surface area contributed by atoms with Crippen LogP contribution in [0.4, 0.5) is 0 Å². The number of imidazole rings is 1. The van der Waals surface area contributed by atoms with E-state index in [1.807, 2.05) is 12.1 Å². The lowest BCUT2D eigenvalue weighted by Crippen LogP contribution is -2.26. The van der Waals surface area contributed by atoms with Crippen molar-refractivity contribution in [2.45, 2.75) is 49.6 Å². The first-order chi connectivity index (χ1) is 13.6. The highest BCUT2D eigenvalue weighted by Gasteiger charge is 2.23. The number of sulfonamides is 1. The predicted octanol–water partition coefficient (Wildman–Crippen LogP) is 3.42. The third kappa shape index (κ3) is 3.74. The Hall–Kier alpha value is -2.45. The molecular weight excluding hydrogens is 376 g/mol. The van der Waals surface area contributed by atoms with Crippen molar-refractivity contribution < 1.29 is 13.2 Å². The minimum Gasteiger partial charge on any atom is -0.497 e. The summed E-state index contributed by atoms with van der Waals surface area (Å²) in [6.45, 7) is 0.126. The summed E-state index contributed by atoms with van der Waals surface area (Å²) in [6.07, 6.45) is 7.49. The van der Waals surface area contributed by atoms with Gasteiger partial charge in [0.25, 0.3) is 0 Å². The molecule has 1 aliphatic carbocycles. The number of fused-ring (bicyclic) bond motifs is 1. The Morgan fingerprint density at radius 2 is 1.89 bits per heavy atom. The van der Waals surface area contributed by atoms with Crippen LogP contribution >= 0.6 is 0 Å². The molecule has 0 radical (unpaired) electrons. The molecule has 148 valence electrons. The van der Waals surface area contributed by atoms with Gasteiger partial charge in [-0.1, -0.05) is 19.3 Å². The summed E-state index contributed by atoms with van der Waals surface area (Å²) in [4.78, 5) is 9.37. The minimum absolute atomic E-state index is 0.126. The lowest BCUT2D eigenvalue weighted by atomic mass is 9.95. The monoisotopic (exact) mass is 400 g/mol. The molecule has 0 atom stereocenters. The number of rotatable bonds is 6. The van der Waals surface area contributed by atoms with Crippen molar-refractivity contribution in [1.29, 1.82) is 0 Å².